The largest absolute Gasteiger partial charge is 0.497 e. The van der Waals surface area contributed by atoms with Crippen molar-refractivity contribution in [3.63, 3.8) is 0 Å². The molecule has 0 bridgehead atoms. The van der Waals surface area contributed by atoms with Gasteiger partial charge in [0.25, 0.3) is 0 Å². The van der Waals surface area contributed by atoms with Gasteiger partial charge in [-0.25, -0.2) is 0 Å². The van der Waals surface area contributed by atoms with E-state index in [2.05, 4.69) is 31.9 Å². The minimum atomic E-state index is 0.379. The van der Waals surface area contributed by atoms with E-state index in [4.69, 9.17) is 10.00 Å². The highest BCUT2D eigenvalue weighted by Gasteiger charge is 2.02. The van der Waals surface area contributed by atoms with E-state index in [-0.39, 0.29) is 0 Å². The minimum absolute atomic E-state index is 0.379. The average Bonchev–Trinajstić information content (AvgIpc) is 2.68. The van der Waals surface area contributed by atoms with Crippen molar-refractivity contribution < 1.29 is 4.74 Å². The Morgan fingerprint density at radius 3 is 2.52 bits per heavy atom. The summed E-state index contributed by atoms with van der Waals surface area (Å²) in [6, 6.07) is 16.9. The molecular weight excluding hydrogens is 316 g/mol. The molecule has 0 atom stereocenters. The van der Waals surface area contributed by atoms with Crippen LogP contribution in [0.2, 0.25) is 0 Å². The predicted molar refractivity (Wildman–Crippen MR) is 94.6 cm³/mol. The number of benzene rings is 2. The lowest BCUT2D eigenvalue weighted by molar-refractivity contribution is 0.414. The van der Waals surface area contributed by atoms with Crippen LogP contribution in [0.4, 0.5) is 17.5 Å². The highest BCUT2D eigenvalue weighted by atomic mass is 16.5. The lowest BCUT2D eigenvalue weighted by Crippen LogP contribution is -2.05. The van der Waals surface area contributed by atoms with Crippen molar-refractivity contribution >= 4 is 17.5 Å². The van der Waals surface area contributed by atoms with Gasteiger partial charge in [-0.3, -0.25) is 0 Å². The fraction of sp³-hybridized carbons (Fsp3) is 0.111. The number of aromatic nitrogens is 3. The average molecular weight is 332 g/mol. The molecule has 0 aliphatic rings. The van der Waals surface area contributed by atoms with E-state index in [0.717, 1.165) is 17.0 Å². The van der Waals surface area contributed by atoms with Crippen LogP contribution in [-0.4, -0.2) is 22.3 Å². The highest BCUT2D eigenvalue weighted by molar-refractivity contribution is 5.55. The Hall–Kier alpha value is -3.66. The zero-order valence-electron chi connectivity index (χ0n) is 13.6. The third-order valence-electron chi connectivity index (χ3n) is 3.46. The summed E-state index contributed by atoms with van der Waals surface area (Å²) in [4.78, 5) is 4.37. The fourth-order valence-corrected chi connectivity index (χ4v) is 2.13. The molecule has 0 spiro atoms. The van der Waals surface area contributed by atoms with Gasteiger partial charge < -0.3 is 15.4 Å². The van der Waals surface area contributed by atoms with Crippen LogP contribution in [-0.2, 0) is 6.54 Å². The molecule has 0 amide bonds. The van der Waals surface area contributed by atoms with Gasteiger partial charge in [-0.1, -0.05) is 12.1 Å². The number of rotatable bonds is 6. The van der Waals surface area contributed by atoms with E-state index in [9.17, 15) is 0 Å². The first-order valence-corrected chi connectivity index (χ1v) is 7.60. The lowest BCUT2D eigenvalue weighted by Gasteiger charge is -2.08. The van der Waals surface area contributed by atoms with Crippen LogP contribution < -0.4 is 15.4 Å². The van der Waals surface area contributed by atoms with Gasteiger partial charge in [-0.15, -0.1) is 5.10 Å². The van der Waals surface area contributed by atoms with Crippen molar-refractivity contribution in [2.75, 3.05) is 17.7 Å². The van der Waals surface area contributed by atoms with Gasteiger partial charge in [0.05, 0.1) is 24.9 Å². The van der Waals surface area contributed by atoms with Gasteiger partial charge in [0, 0.05) is 12.2 Å². The Morgan fingerprint density at radius 1 is 1.08 bits per heavy atom. The number of anilines is 3. The van der Waals surface area contributed by atoms with E-state index < -0.39 is 0 Å². The maximum atomic E-state index is 8.82. The molecule has 124 valence electrons. The third kappa shape index (κ3) is 4.42. The molecule has 0 aliphatic carbocycles. The molecule has 0 saturated carbocycles. The summed E-state index contributed by atoms with van der Waals surface area (Å²) in [5, 5.41) is 23.0. The van der Waals surface area contributed by atoms with Crippen LogP contribution in [0.25, 0.3) is 0 Å². The van der Waals surface area contributed by atoms with Gasteiger partial charge >= 0.3 is 0 Å². The van der Waals surface area contributed by atoms with Crippen molar-refractivity contribution in [3.05, 3.63) is 65.9 Å². The first-order valence-electron chi connectivity index (χ1n) is 7.60. The van der Waals surface area contributed by atoms with E-state index in [1.165, 1.54) is 0 Å². The maximum absolute atomic E-state index is 8.82. The Morgan fingerprint density at radius 2 is 1.84 bits per heavy atom. The monoisotopic (exact) mass is 332 g/mol. The van der Waals surface area contributed by atoms with E-state index in [0.29, 0.717) is 23.9 Å². The zero-order chi connectivity index (χ0) is 17.5. The quantitative estimate of drug-likeness (QED) is 0.716. The summed E-state index contributed by atoms with van der Waals surface area (Å²) in [6.45, 7) is 0.610. The topological polar surface area (TPSA) is 95.8 Å². The standard InChI is InChI=1S/C18H16N6O/c1-25-16-8-4-14(5-9-16)11-20-17-12-21-24-18(23-17)22-15-6-2-13(10-19)3-7-15/h2-9,12H,11H2,1H3,(H2,20,22,23,24). The molecule has 2 N–H and O–H groups in total. The first kappa shape index (κ1) is 16.2. The SMILES string of the molecule is COc1ccc(CNc2cnnc(Nc3ccc(C#N)cc3)n2)cc1. The number of methoxy groups -OCH3 is 1. The van der Waals surface area contributed by atoms with Crippen LogP contribution in [0, 0.1) is 11.3 Å². The van der Waals surface area contributed by atoms with E-state index in [1.54, 1.807) is 37.6 Å². The van der Waals surface area contributed by atoms with Crippen molar-refractivity contribution in [1.29, 1.82) is 5.26 Å². The molecule has 0 unspecified atom stereocenters. The number of nitrogens with one attached hydrogen (secondary N) is 2. The molecule has 1 heterocycles. The van der Waals surface area contributed by atoms with E-state index in [1.807, 2.05) is 24.3 Å². The molecule has 2 aromatic carbocycles. The second kappa shape index (κ2) is 7.75. The second-order valence-corrected chi connectivity index (χ2v) is 5.18. The fourth-order valence-electron chi connectivity index (χ4n) is 2.13. The Kier molecular flexibility index (Phi) is 5.02. The summed E-state index contributed by atoms with van der Waals surface area (Å²) >= 11 is 0. The van der Waals surface area contributed by atoms with Crippen molar-refractivity contribution in [1.82, 2.24) is 15.2 Å². The molecule has 25 heavy (non-hydrogen) atoms. The summed E-state index contributed by atoms with van der Waals surface area (Å²) < 4.78 is 5.14. The summed E-state index contributed by atoms with van der Waals surface area (Å²) in [5.41, 5.74) is 2.48. The van der Waals surface area contributed by atoms with Crippen LogP contribution in [0.1, 0.15) is 11.1 Å². The van der Waals surface area contributed by atoms with E-state index >= 15 is 0 Å². The molecule has 0 radical (unpaired) electrons. The third-order valence-corrected chi connectivity index (χ3v) is 3.46. The minimum Gasteiger partial charge on any atom is -0.497 e. The molecule has 7 nitrogen and oxygen atoms in total. The Bertz CT molecular complexity index is 871. The number of nitriles is 1. The number of nitrogens with zero attached hydrogens (tertiary/aromatic N) is 4. The molecule has 3 rings (SSSR count). The number of ether oxygens (including phenoxy) is 1. The summed E-state index contributed by atoms with van der Waals surface area (Å²) in [6.07, 6.45) is 1.56. The normalized spacial score (nSPS) is 9.92. The molecular formula is C18H16N6O. The first-order chi connectivity index (χ1) is 12.3. The van der Waals surface area contributed by atoms with Gasteiger partial charge in [0.15, 0.2) is 5.82 Å². The summed E-state index contributed by atoms with van der Waals surface area (Å²) in [5.74, 6) is 1.81. The maximum Gasteiger partial charge on any atom is 0.249 e. The van der Waals surface area contributed by atoms with Gasteiger partial charge in [0.1, 0.15) is 5.75 Å². The van der Waals surface area contributed by atoms with Gasteiger partial charge in [-0.05, 0) is 42.0 Å². The van der Waals surface area contributed by atoms with Crippen molar-refractivity contribution in [3.8, 4) is 11.8 Å². The molecule has 7 heteroatoms. The Balaban J connectivity index is 1.63. The van der Waals surface area contributed by atoms with Gasteiger partial charge in [0.2, 0.25) is 5.95 Å². The highest BCUT2D eigenvalue weighted by Crippen LogP contribution is 2.15. The predicted octanol–water partition coefficient (Wildman–Crippen LogP) is 3.11. The van der Waals surface area contributed by atoms with Crippen LogP contribution in [0.3, 0.4) is 0 Å². The van der Waals surface area contributed by atoms with Crippen molar-refractivity contribution in [2.45, 2.75) is 6.54 Å². The summed E-state index contributed by atoms with van der Waals surface area (Å²) in [7, 11) is 1.64. The second-order valence-electron chi connectivity index (χ2n) is 5.18. The smallest absolute Gasteiger partial charge is 0.249 e. The van der Waals surface area contributed by atoms with Crippen LogP contribution in [0.15, 0.2) is 54.7 Å². The van der Waals surface area contributed by atoms with Crippen LogP contribution in [0.5, 0.6) is 5.75 Å². The van der Waals surface area contributed by atoms with Gasteiger partial charge in [-0.2, -0.15) is 15.3 Å². The molecule has 0 fully saturated rings. The molecule has 0 saturated heterocycles. The lowest BCUT2D eigenvalue weighted by atomic mass is 10.2. The van der Waals surface area contributed by atoms with Crippen molar-refractivity contribution in [2.24, 2.45) is 0 Å². The molecule has 3 aromatic rings. The zero-order valence-corrected chi connectivity index (χ0v) is 13.6. The molecule has 1 aromatic heterocycles. The number of hydrogen-bond acceptors (Lipinski definition) is 7. The molecule has 0 aliphatic heterocycles. The number of hydrogen-bond donors (Lipinski definition) is 2. The Labute approximate surface area is 145 Å². The van der Waals surface area contributed by atoms with Crippen LogP contribution >= 0.6 is 0 Å².